The molecule has 0 aromatic heterocycles. The zero-order valence-electron chi connectivity index (χ0n) is 11.2. The van der Waals surface area contributed by atoms with Gasteiger partial charge in [0.05, 0.1) is 7.11 Å². The Labute approximate surface area is 117 Å². The summed E-state index contributed by atoms with van der Waals surface area (Å²) >= 11 is 0. The predicted octanol–water partition coefficient (Wildman–Crippen LogP) is 3.20. The number of nitrogens with zero attached hydrogens (tertiary/aromatic N) is 1. The molecule has 0 saturated carbocycles. The number of halogens is 1. The zero-order chi connectivity index (χ0) is 14.4. The third kappa shape index (κ3) is 3.57. The minimum Gasteiger partial charge on any atom is -0.504 e. The fraction of sp³-hybridized carbons (Fsp3) is 0.188. The Bertz CT molecular complexity index is 594. The van der Waals surface area contributed by atoms with Crippen molar-refractivity contribution in [3.8, 4) is 11.5 Å². The molecule has 0 saturated heterocycles. The molecule has 3 nitrogen and oxygen atoms in total. The van der Waals surface area contributed by atoms with Crippen LogP contribution in [-0.4, -0.2) is 25.0 Å². The van der Waals surface area contributed by atoms with Crippen LogP contribution in [0.1, 0.15) is 11.1 Å². The number of phenols is 1. The molecule has 2 aromatic carbocycles. The van der Waals surface area contributed by atoms with E-state index in [1.54, 1.807) is 36.5 Å². The maximum Gasteiger partial charge on any atom is 0.166 e. The molecule has 2 rings (SSSR count). The molecule has 0 fully saturated rings. The van der Waals surface area contributed by atoms with Crippen molar-refractivity contribution in [1.82, 2.24) is 0 Å². The molecule has 0 aliphatic rings. The number of hydrogen-bond acceptors (Lipinski definition) is 3. The number of benzene rings is 2. The first-order valence-electron chi connectivity index (χ1n) is 6.31. The summed E-state index contributed by atoms with van der Waals surface area (Å²) < 4.78 is 17.8. The first-order valence-corrected chi connectivity index (χ1v) is 6.31. The third-order valence-corrected chi connectivity index (χ3v) is 2.92. The number of hydrogen-bond donors (Lipinski definition) is 1. The first kappa shape index (κ1) is 14.1. The van der Waals surface area contributed by atoms with E-state index in [9.17, 15) is 9.50 Å². The van der Waals surface area contributed by atoms with Crippen LogP contribution in [-0.2, 0) is 6.42 Å². The molecule has 0 radical (unpaired) electrons. The largest absolute Gasteiger partial charge is 0.504 e. The minimum atomic E-state index is -0.237. The lowest BCUT2D eigenvalue weighted by atomic mass is 10.1. The first-order chi connectivity index (χ1) is 9.70. The topological polar surface area (TPSA) is 41.8 Å². The Morgan fingerprint density at radius 2 is 1.95 bits per heavy atom. The molecule has 4 heteroatoms. The fourth-order valence-electron chi connectivity index (χ4n) is 1.82. The second-order valence-electron chi connectivity index (χ2n) is 4.31. The molecule has 104 valence electrons. The predicted molar refractivity (Wildman–Crippen MR) is 77.2 cm³/mol. The molecule has 0 spiro atoms. The molecule has 0 aliphatic carbocycles. The second-order valence-corrected chi connectivity index (χ2v) is 4.31. The highest BCUT2D eigenvalue weighted by Crippen LogP contribution is 2.27. The molecule has 2 aromatic rings. The molecule has 20 heavy (non-hydrogen) atoms. The van der Waals surface area contributed by atoms with Crippen LogP contribution < -0.4 is 4.74 Å². The van der Waals surface area contributed by atoms with E-state index >= 15 is 0 Å². The number of phenolic OH excluding ortho intramolecular Hbond substituents is 1. The molecule has 0 unspecified atom stereocenters. The Balaban J connectivity index is 1.95. The van der Waals surface area contributed by atoms with Gasteiger partial charge in [-0.15, -0.1) is 0 Å². The highest BCUT2D eigenvalue weighted by Gasteiger charge is 2.04. The molecule has 0 amide bonds. The maximum absolute atomic E-state index is 12.7. The van der Waals surface area contributed by atoms with Crippen molar-refractivity contribution in [3.05, 3.63) is 59.4 Å². The van der Waals surface area contributed by atoms with E-state index in [0.29, 0.717) is 17.9 Å². The Morgan fingerprint density at radius 3 is 2.65 bits per heavy atom. The van der Waals surface area contributed by atoms with Gasteiger partial charge in [-0.25, -0.2) is 4.39 Å². The van der Waals surface area contributed by atoms with Crippen LogP contribution in [0, 0.1) is 5.82 Å². The lowest BCUT2D eigenvalue weighted by Crippen LogP contribution is -1.92. The van der Waals surface area contributed by atoms with Crippen molar-refractivity contribution < 1.29 is 14.2 Å². The number of para-hydroxylation sites is 1. The second kappa shape index (κ2) is 6.70. The molecular weight excluding hydrogens is 257 g/mol. The third-order valence-electron chi connectivity index (χ3n) is 2.92. The van der Waals surface area contributed by atoms with E-state index in [-0.39, 0.29) is 11.6 Å². The molecule has 0 bridgehead atoms. The van der Waals surface area contributed by atoms with Gasteiger partial charge in [0.15, 0.2) is 11.5 Å². The van der Waals surface area contributed by atoms with Gasteiger partial charge >= 0.3 is 0 Å². The van der Waals surface area contributed by atoms with Crippen LogP contribution in [0.5, 0.6) is 11.5 Å². The van der Waals surface area contributed by atoms with Gasteiger partial charge < -0.3 is 9.84 Å². The minimum absolute atomic E-state index is 0.0838. The maximum atomic E-state index is 12.7. The number of aromatic hydroxyl groups is 1. The van der Waals surface area contributed by atoms with Gasteiger partial charge in [0.2, 0.25) is 0 Å². The standard InChI is InChI=1S/C16H16FNO2/c1-20-15-4-2-3-13(16(15)19)11-18-10-9-12-5-7-14(17)8-6-12/h2-8,11,19H,9-10H2,1H3. The number of rotatable bonds is 5. The van der Waals surface area contributed by atoms with E-state index in [0.717, 1.165) is 12.0 Å². The van der Waals surface area contributed by atoms with Crippen molar-refractivity contribution in [2.45, 2.75) is 6.42 Å². The Morgan fingerprint density at radius 1 is 1.20 bits per heavy atom. The van der Waals surface area contributed by atoms with Crippen LogP contribution in [0.25, 0.3) is 0 Å². The summed E-state index contributed by atoms with van der Waals surface area (Å²) in [6, 6.07) is 11.6. The monoisotopic (exact) mass is 273 g/mol. The molecule has 1 N–H and O–H groups in total. The lowest BCUT2D eigenvalue weighted by molar-refractivity contribution is 0.373. The summed E-state index contributed by atoms with van der Waals surface area (Å²) in [4.78, 5) is 4.26. The van der Waals surface area contributed by atoms with E-state index in [1.165, 1.54) is 19.2 Å². The molecular formula is C16H16FNO2. The van der Waals surface area contributed by atoms with E-state index in [4.69, 9.17) is 4.74 Å². The van der Waals surface area contributed by atoms with Crippen LogP contribution in [0.4, 0.5) is 4.39 Å². The van der Waals surface area contributed by atoms with Gasteiger partial charge in [0.25, 0.3) is 0 Å². The lowest BCUT2D eigenvalue weighted by Gasteiger charge is -2.04. The van der Waals surface area contributed by atoms with Crippen molar-refractivity contribution in [3.63, 3.8) is 0 Å². The number of aliphatic imine (C=N–C) groups is 1. The molecule has 0 aliphatic heterocycles. The van der Waals surface area contributed by atoms with Gasteiger partial charge in [-0.05, 0) is 36.2 Å². The summed E-state index contributed by atoms with van der Waals surface area (Å²) in [6.45, 7) is 0.572. The van der Waals surface area contributed by atoms with E-state index in [1.807, 2.05) is 0 Å². The summed E-state index contributed by atoms with van der Waals surface area (Å²) in [5, 5.41) is 9.88. The number of methoxy groups -OCH3 is 1. The smallest absolute Gasteiger partial charge is 0.166 e. The summed E-state index contributed by atoms with van der Waals surface area (Å²) in [5.74, 6) is 0.270. The fourth-order valence-corrected chi connectivity index (χ4v) is 1.82. The van der Waals surface area contributed by atoms with E-state index in [2.05, 4.69) is 4.99 Å². The zero-order valence-corrected chi connectivity index (χ0v) is 11.2. The van der Waals surface area contributed by atoms with Crippen molar-refractivity contribution in [1.29, 1.82) is 0 Å². The quantitative estimate of drug-likeness (QED) is 0.850. The number of ether oxygens (including phenoxy) is 1. The normalized spacial score (nSPS) is 10.9. The SMILES string of the molecule is COc1cccc(C=NCCc2ccc(F)cc2)c1O. The van der Waals surface area contributed by atoms with Crippen molar-refractivity contribution in [2.75, 3.05) is 13.7 Å². The van der Waals surface area contributed by atoms with Crippen molar-refractivity contribution >= 4 is 6.21 Å². The van der Waals surface area contributed by atoms with Crippen LogP contribution in [0.3, 0.4) is 0 Å². The average molecular weight is 273 g/mol. The molecule has 0 atom stereocenters. The summed E-state index contributed by atoms with van der Waals surface area (Å²) in [6.07, 6.45) is 2.34. The van der Waals surface area contributed by atoms with Crippen LogP contribution >= 0.6 is 0 Å². The highest BCUT2D eigenvalue weighted by atomic mass is 19.1. The van der Waals surface area contributed by atoms with Crippen LogP contribution in [0.2, 0.25) is 0 Å². The Hall–Kier alpha value is -2.36. The van der Waals surface area contributed by atoms with Gasteiger partial charge in [-0.3, -0.25) is 4.99 Å². The highest BCUT2D eigenvalue weighted by molar-refractivity contribution is 5.84. The van der Waals surface area contributed by atoms with E-state index < -0.39 is 0 Å². The van der Waals surface area contributed by atoms with Crippen LogP contribution in [0.15, 0.2) is 47.5 Å². The van der Waals surface area contributed by atoms with Gasteiger partial charge in [-0.1, -0.05) is 18.2 Å². The van der Waals surface area contributed by atoms with Crippen molar-refractivity contribution in [2.24, 2.45) is 4.99 Å². The average Bonchev–Trinajstić information content (AvgIpc) is 2.47. The van der Waals surface area contributed by atoms with Gasteiger partial charge in [0, 0.05) is 18.3 Å². The van der Waals surface area contributed by atoms with Gasteiger partial charge in [0.1, 0.15) is 5.82 Å². The summed E-state index contributed by atoms with van der Waals surface area (Å²) in [7, 11) is 1.50. The summed E-state index contributed by atoms with van der Waals surface area (Å²) in [5.41, 5.74) is 1.64. The molecule has 0 heterocycles. The Kier molecular flexibility index (Phi) is 4.71. The van der Waals surface area contributed by atoms with Gasteiger partial charge in [-0.2, -0.15) is 0 Å².